The SMILES string of the molecule is Cc1cc(B(O)O)cc(F)c1C. The molecular formula is C8H10BFO2. The highest BCUT2D eigenvalue weighted by Gasteiger charge is 2.13. The van der Waals surface area contributed by atoms with Crippen LogP contribution in [0.5, 0.6) is 0 Å². The second kappa shape index (κ2) is 3.25. The van der Waals surface area contributed by atoms with Gasteiger partial charge >= 0.3 is 7.12 Å². The van der Waals surface area contributed by atoms with Crippen molar-refractivity contribution in [2.75, 3.05) is 0 Å². The molecule has 0 aliphatic heterocycles. The maximum atomic E-state index is 13.0. The van der Waals surface area contributed by atoms with E-state index < -0.39 is 12.9 Å². The molecule has 64 valence electrons. The molecular weight excluding hydrogens is 158 g/mol. The lowest BCUT2D eigenvalue weighted by Gasteiger charge is -2.05. The maximum absolute atomic E-state index is 13.0. The summed E-state index contributed by atoms with van der Waals surface area (Å²) in [4.78, 5) is 0. The van der Waals surface area contributed by atoms with Crippen LogP contribution in [0.3, 0.4) is 0 Å². The fourth-order valence-corrected chi connectivity index (χ4v) is 0.992. The van der Waals surface area contributed by atoms with Gasteiger partial charge < -0.3 is 10.0 Å². The molecule has 0 bridgehead atoms. The third-order valence-electron chi connectivity index (χ3n) is 1.92. The zero-order valence-electron chi connectivity index (χ0n) is 7.00. The van der Waals surface area contributed by atoms with Gasteiger partial charge in [0.1, 0.15) is 5.82 Å². The van der Waals surface area contributed by atoms with Gasteiger partial charge in [0.05, 0.1) is 0 Å². The van der Waals surface area contributed by atoms with Gasteiger partial charge in [-0.2, -0.15) is 0 Å². The lowest BCUT2D eigenvalue weighted by Crippen LogP contribution is -2.30. The largest absolute Gasteiger partial charge is 0.488 e. The summed E-state index contributed by atoms with van der Waals surface area (Å²) in [5.74, 6) is -0.405. The Morgan fingerprint density at radius 2 is 1.83 bits per heavy atom. The predicted octanol–water partition coefficient (Wildman–Crippen LogP) is 0.122. The van der Waals surface area contributed by atoms with Crippen LogP contribution in [0, 0.1) is 19.7 Å². The third-order valence-corrected chi connectivity index (χ3v) is 1.92. The van der Waals surface area contributed by atoms with E-state index in [2.05, 4.69) is 0 Å². The van der Waals surface area contributed by atoms with Gasteiger partial charge in [-0.3, -0.25) is 0 Å². The molecule has 0 fully saturated rings. The highest BCUT2D eigenvalue weighted by atomic mass is 19.1. The molecule has 0 amide bonds. The Morgan fingerprint density at radius 1 is 1.25 bits per heavy atom. The van der Waals surface area contributed by atoms with E-state index in [1.807, 2.05) is 0 Å². The summed E-state index contributed by atoms with van der Waals surface area (Å²) >= 11 is 0. The van der Waals surface area contributed by atoms with Gasteiger partial charge in [-0.15, -0.1) is 0 Å². The zero-order chi connectivity index (χ0) is 9.30. The van der Waals surface area contributed by atoms with Gasteiger partial charge in [-0.25, -0.2) is 4.39 Å². The Labute approximate surface area is 70.8 Å². The first kappa shape index (κ1) is 9.22. The van der Waals surface area contributed by atoms with Crippen molar-refractivity contribution in [2.45, 2.75) is 13.8 Å². The molecule has 0 heterocycles. The van der Waals surface area contributed by atoms with Crippen LogP contribution in [-0.4, -0.2) is 17.2 Å². The van der Waals surface area contributed by atoms with Crippen LogP contribution >= 0.6 is 0 Å². The second-order valence-corrected chi connectivity index (χ2v) is 2.82. The van der Waals surface area contributed by atoms with Gasteiger partial charge in [-0.1, -0.05) is 6.07 Å². The summed E-state index contributed by atoms with van der Waals surface area (Å²) in [5, 5.41) is 17.5. The summed E-state index contributed by atoms with van der Waals surface area (Å²) < 4.78 is 13.0. The monoisotopic (exact) mass is 168 g/mol. The van der Waals surface area contributed by atoms with Crippen molar-refractivity contribution in [3.05, 3.63) is 29.1 Å². The fourth-order valence-electron chi connectivity index (χ4n) is 0.992. The van der Waals surface area contributed by atoms with Crippen LogP contribution in [0.15, 0.2) is 12.1 Å². The standard InChI is InChI=1S/C8H10BFO2/c1-5-3-7(9(11)12)4-8(10)6(5)2/h3-4,11-12H,1-2H3. The van der Waals surface area contributed by atoms with Gasteiger partial charge in [0.15, 0.2) is 0 Å². The van der Waals surface area contributed by atoms with E-state index in [0.717, 1.165) is 11.6 Å². The van der Waals surface area contributed by atoms with Crippen LogP contribution in [0.25, 0.3) is 0 Å². The highest BCUT2D eigenvalue weighted by molar-refractivity contribution is 6.58. The lowest BCUT2D eigenvalue weighted by molar-refractivity contribution is 0.425. The molecule has 0 aliphatic carbocycles. The first-order valence-electron chi connectivity index (χ1n) is 3.65. The second-order valence-electron chi connectivity index (χ2n) is 2.82. The van der Waals surface area contributed by atoms with Gasteiger partial charge in [0, 0.05) is 0 Å². The molecule has 12 heavy (non-hydrogen) atoms. The van der Waals surface area contributed by atoms with Crippen molar-refractivity contribution < 1.29 is 14.4 Å². The average Bonchev–Trinajstić information content (AvgIpc) is 1.99. The van der Waals surface area contributed by atoms with Crippen molar-refractivity contribution in [1.29, 1.82) is 0 Å². The minimum Gasteiger partial charge on any atom is -0.423 e. The lowest BCUT2D eigenvalue weighted by atomic mass is 9.79. The average molecular weight is 168 g/mol. The maximum Gasteiger partial charge on any atom is 0.488 e. The molecule has 4 heteroatoms. The molecule has 1 aromatic carbocycles. The van der Waals surface area contributed by atoms with E-state index in [9.17, 15) is 4.39 Å². The normalized spacial score (nSPS) is 10.1. The molecule has 0 saturated heterocycles. The van der Waals surface area contributed by atoms with Crippen LogP contribution in [0.1, 0.15) is 11.1 Å². The first-order valence-corrected chi connectivity index (χ1v) is 3.65. The molecule has 0 spiro atoms. The molecule has 0 unspecified atom stereocenters. The Hall–Kier alpha value is -0.865. The number of halogens is 1. The quantitative estimate of drug-likeness (QED) is 0.584. The molecule has 0 atom stereocenters. The minimum absolute atomic E-state index is 0.190. The summed E-state index contributed by atoms with van der Waals surface area (Å²) in [6.45, 7) is 3.38. The van der Waals surface area contributed by atoms with Crippen molar-refractivity contribution in [1.82, 2.24) is 0 Å². The molecule has 0 saturated carbocycles. The van der Waals surface area contributed by atoms with E-state index in [0.29, 0.717) is 5.56 Å². The molecule has 1 rings (SSSR count). The number of benzene rings is 1. The van der Waals surface area contributed by atoms with Crippen molar-refractivity contribution in [3.63, 3.8) is 0 Å². The van der Waals surface area contributed by atoms with E-state index in [1.165, 1.54) is 0 Å². The van der Waals surface area contributed by atoms with Crippen LogP contribution in [0.2, 0.25) is 0 Å². The molecule has 0 radical (unpaired) electrons. The molecule has 2 N–H and O–H groups in total. The summed E-state index contributed by atoms with van der Waals surface area (Å²) in [6.07, 6.45) is 0. The van der Waals surface area contributed by atoms with Gasteiger partial charge in [0.2, 0.25) is 0 Å². The van der Waals surface area contributed by atoms with Gasteiger partial charge in [-0.05, 0) is 36.5 Å². The summed E-state index contributed by atoms with van der Waals surface area (Å²) in [7, 11) is -1.60. The van der Waals surface area contributed by atoms with Crippen molar-refractivity contribution in [3.8, 4) is 0 Å². The van der Waals surface area contributed by atoms with Crippen LogP contribution < -0.4 is 5.46 Å². The van der Waals surface area contributed by atoms with E-state index in [1.54, 1.807) is 19.9 Å². The topological polar surface area (TPSA) is 40.5 Å². The molecule has 0 aliphatic rings. The molecule has 0 aromatic heterocycles. The Balaban J connectivity index is 3.21. The molecule has 2 nitrogen and oxygen atoms in total. The summed E-state index contributed by atoms with van der Waals surface area (Å²) in [6, 6.07) is 2.69. The zero-order valence-corrected chi connectivity index (χ0v) is 7.00. The Kier molecular flexibility index (Phi) is 2.50. The number of aryl methyl sites for hydroxylation is 1. The predicted molar refractivity (Wildman–Crippen MR) is 45.7 cm³/mol. The smallest absolute Gasteiger partial charge is 0.423 e. The summed E-state index contributed by atoms with van der Waals surface area (Å²) in [5.41, 5.74) is 1.45. The highest BCUT2D eigenvalue weighted by Crippen LogP contribution is 2.08. The number of hydrogen-bond donors (Lipinski definition) is 2. The van der Waals surface area contributed by atoms with E-state index in [4.69, 9.17) is 10.0 Å². The van der Waals surface area contributed by atoms with Gasteiger partial charge in [0.25, 0.3) is 0 Å². The van der Waals surface area contributed by atoms with Crippen LogP contribution in [-0.2, 0) is 0 Å². The number of rotatable bonds is 1. The van der Waals surface area contributed by atoms with Crippen molar-refractivity contribution in [2.24, 2.45) is 0 Å². The van der Waals surface area contributed by atoms with Crippen LogP contribution in [0.4, 0.5) is 4.39 Å². The Bertz CT molecular complexity index is 276. The fraction of sp³-hybridized carbons (Fsp3) is 0.250. The number of hydrogen-bond acceptors (Lipinski definition) is 2. The van der Waals surface area contributed by atoms with E-state index >= 15 is 0 Å². The minimum atomic E-state index is -1.60. The Morgan fingerprint density at radius 3 is 2.25 bits per heavy atom. The molecule has 1 aromatic rings. The van der Waals surface area contributed by atoms with Crippen molar-refractivity contribution >= 4 is 12.6 Å². The first-order chi connectivity index (χ1) is 5.52. The van der Waals surface area contributed by atoms with E-state index in [-0.39, 0.29) is 5.46 Å². The third kappa shape index (κ3) is 1.65.